The van der Waals surface area contributed by atoms with Crippen LogP contribution in [0.25, 0.3) is 0 Å². The van der Waals surface area contributed by atoms with Crippen LogP contribution in [0.4, 0.5) is 0 Å². The minimum absolute atomic E-state index is 0.0397. The van der Waals surface area contributed by atoms with E-state index >= 15 is 0 Å². The summed E-state index contributed by atoms with van der Waals surface area (Å²) in [4.78, 5) is 91.1. The highest BCUT2D eigenvalue weighted by molar-refractivity contribution is 5.96. The molecule has 1 heterocycles. The highest BCUT2D eigenvalue weighted by Crippen LogP contribution is 2.30. The highest BCUT2D eigenvalue weighted by atomic mass is 16.6. The third-order valence-corrected chi connectivity index (χ3v) is 9.64. The summed E-state index contributed by atoms with van der Waals surface area (Å²) in [6, 6.07) is 5.05. The Labute approximate surface area is 369 Å². The maximum Gasteiger partial charge on any atom is 0.519 e. The van der Waals surface area contributed by atoms with E-state index in [0.717, 1.165) is 52.1 Å². The molecule has 0 spiro atoms. The number of unbranched alkanes of at least 4 members (excludes halogenated alkanes) is 8. The Balaban J connectivity index is 2.42. The van der Waals surface area contributed by atoms with Gasteiger partial charge in [0.25, 0.3) is 0 Å². The van der Waals surface area contributed by atoms with Gasteiger partial charge in [0.15, 0.2) is 30.3 Å². The van der Waals surface area contributed by atoms with Crippen LogP contribution in [0, 0.1) is 24.7 Å². The zero-order valence-electron chi connectivity index (χ0n) is 37.8. The van der Waals surface area contributed by atoms with Gasteiger partial charge in [0, 0.05) is 19.3 Å². The van der Waals surface area contributed by atoms with E-state index in [9.17, 15) is 38.7 Å². The standard InChI is InChI=1S/C47H65NO15/c1-8-10-12-15-18-21-35(49)22-19-16-13-14-17-20-23-37(47(56,44(54)63-46(4,5)6)30-40(50)59-31-39-33(3)61-45(55)62-39)42(52)48-38(43(53)60-32-41(51)57-7)29-34-24-26-36(27-25-34)58-28-11-9-2/h20,23-27,37-38,56H,8,10,12-19,21-22,28-32H2,1-7H3,(H,48,52)/t37-,38+,47+/m1/s1. The van der Waals surface area contributed by atoms with E-state index in [4.69, 9.17) is 27.8 Å². The zero-order chi connectivity index (χ0) is 46.8. The number of carbonyl (C=O) groups is 6. The molecule has 0 saturated carbocycles. The Morgan fingerprint density at radius 1 is 0.889 bits per heavy atom. The van der Waals surface area contributed by atoms with Crippen molar-refractivity contribution in [2.75, 3.05) is 20.3 Å². The average Bonchev–Trinajstić information content (AvgIpc) is 3.56. The fraction of sp³-hybridized carbons (Fsp3) is 0.596. The number of esters is 4. The predicted molar refractivity (Wildman–Crippen MR) is 230 cm³/mol. The molecule has 0 radical (unpaired) electrons. The molecule has 1 aromatic heterocycles. The van der Waals surface area contributed by atoms with Gasteiger partial charge in [-0.05, 0) is 78.0 Å². The summed E-state index contributed by atoms with van der Waals surface area (Å²) < 4.78 is 35.8. The van der Waals surface area contributed by atoms with E-state index in [0.29, 0.717) is 37.0 Å². The van der Waals surface area contributed by atoms with Crippen molar-refractivity contribution in [3.05, 3.63) is 64.1 Å². The van der Waals surface area contributed by atoms with Crippen molar-refractivity contribution in [1.82, 2.24) is 5.32 Å². The van der Waals surface area contributed by atoms with Crippen LogP contribution in [-0.2, 0) is 60.7 Å². The first-order valence-corrected chi connectivity index (χ1v) is 21.5. The second kappa shape index (κ2) is 28.1. The summed E-state index contributed by atoms with van der Waals surface area (Å²) in [5, 5.41) is 14.8. The number of ether oxygens (including phenoxy) is 5. The van der Waals surface area contributed by atoms with Gasteiger partial charge in [0.1, 0.15) is 29.8 Å². The van der Waals surface area contributed by atoms with Gasteiger partial charge in [-0.3, -0.25) is 14.4 Å². The molecule has 16 heteroatoms. The Bertz CT molecular complexity index is 1930. The van der Waals surface area contributed by atoms with Gasteiger partial charge in [-0.1, -0.05) is 75.7 Å². The molecule has 2 aromatic rings. The zero-order valence-corrected chi connectivity index (χ0v) is 37.8. The molecule has 0 aliphatic carbocycles. The number of hydrogen-bond donors (Lipinski definition) is 2. The molecule has 0 fully saturated rings. The largest absolute Gasteiger partial charge is 0.519 e. The van der Waals surface area contributed by atoms with Gasteiger partial charge in [0.2, 0.25) is 5.91 Å². The monoisotopic (exact) mass is 883 g/mol. The first-order chi connectivity index (χ1) is 29.9. The molecular weight excluding hydrogens is 819 g/mol. The molecule has 63 heavy (non-hydrogen) atoms. The number of benzene rings is 1. The Morgan fingerprint density at radius 2 is 1.54 bits per heavy atom. The molecule has 16 nitrogen and oxygen atoms in total. The lowest BCUT2D eigenvalue weighted by molar-refractivity contribution is -0.188. The number of aryl methyl sites for hydroxylation is 1. The van der Waals surface area contributed by atoms with Crippen LogP contribution in [0.1, 0.15) is 135 Å². The smallest absolute Gasteiger partial charge is 0.481 e. The molecule has 2 N–H and O–H groups in total. The summed E-state index contributed by atoms with van der Waals surface area (Å²) >= 11 is 0. The number of ketones is 1. The number of nitrogens with one attached hydrogen (secondary N) is 1. The normalized spacial score (nSPS) is 13.1. The molecule has 348 valence electrons. The Morgan fingerprint density at radius 3 is 2.13 bits per heavy atom. The van der Waals surface area contributed by atoms with Crippen LogP contribution >= 0.6 is 0 Å². The molecule has 3 atom stereocenters. The number of rotatable bonds is 29. The number of amides is 1. The lowest BCUT2D eigenvalue weighted by Crippen LogP contribution is -2.57. The van der Waals surface area contributed by atoms with E-state index in [-0.39, 0.29) is 30.3 Å². The van der Waals surface area contributed by atoms with Crippen LogP contribution in [0.3, 0.4) is 0 Å². The first-order valence-electron chi connectivity index (χ1n) is 21.5. The molecule has 0 saturated heterocycles. The average molecular weight is 884 g/mol. The van der Waals surface area contributed by atoms with Crippen molar-refractivity contribution in [3.8, 4) is 17.6 Å². The molecule has 2 rings (SSSR count). The van der Waals surface area contributed by atoms with Crippen molar-refractivity contribution in [1.29, 1.82) is 0 Å². The second-order valence-corrected chi connectivity index (χ2v) is 16.1. The third-order valence-electron chi connectivity index (χ3n) is 9.64. The quantitative estimate of drug-likeness (QED) is 0.0299. The van der Waals surface area contributed by atoms with E-state index in [1.807, 2.05) is 0 Å². The van der Waals surface area contributed by atoms with Gasteiger partial charge in [-0.2, -0.15) is 0 Å². The van der Waals surface area contributed by atoms with Crippen LogP contribution in [0.2, 0.25) is 0 Å². The second-order valence-electron chi connectivity index (χ2n) is 16.1. The molecular formula is C47H65NO15. The van der Waals surface area contributed by atoms with Crippen molar-refractivity contribution >= 4 is 35.6 Å². The topological polar surface area (TPSA) is 224 Å². The molecule has 1 aromatic carbocycles. The molecule has 0 aliphatic rings. The number of aliphatic hydroxyl groups is 1. The number of carbonyl (C=O) groups excluding carboxylic acids is 6. The summed E-state index contributed by atoms with van der Waals surface area (Å²) in [7, 11) is 1.11. The SMILES string of the molecule is CC#CCOc1ccc(C[C@H](NC(=O)[C@@H](C=CCCCCCCC(=O)CCCCCCC)[C@@](O)(CC(=O)OCc2oc(=O)oc2C)C(=O)OC(C)(C)C)C(=O)OCC(=O)OC)cc1. The number of allylic oxidation sites excluding steroid dienone is 1. The van der Waals surface area contributed by atoms with E-state index < -0.39 is 78.4 Å². The minimum atomic E-state index is -2.92. The lowest BCUT2D eigenvalue weighted by Gasteiger charge is -2.34. The van der Waals surface area contributed by atoms with Gasteiger partial charge in [-0.25, -0.2) is 19.2 Å². The fourth-order valence-corrected chi connectivity index (χ4v) is 6.18. The van der Waals surface area contributed by atoms with Crippen molar-refractivity contribution in [2.45, 2.75) is 155 Å². The van der Waals surface area contributed by atoms with E-state index in [1.165, 1.54) is 40.2 Å². The van der Waals surface area contributed by atoms with Gasteiger partial charge in [-0.15, -0.1) is 5.92 Å². The summed E-state index contributed by atoms with van der Waals surface area (Å²) in [5.41, 5.74) is -3.60. The van der Waals surface area contributed by atoms with Crippen molar-refractivity contribution in [2.24, 2.45) is 5.92 Å². The van der Waals surface area contributed by atoms with Crippen LogP contribution < -0.4 is 15.9 Å². The van der Waals surface area contributed by atoms with Crippen molar-refractivity contribution in [3.63, 3.8) is 0 Å². The lowest BCUT2D eigenvalue weighted by atomic mass is 9.82. The highest BCUT2D eigenvalue weighted by Gasteiger charge is 2.51. The van der Waals surface area contributed by atoms with Crippen LogP contribution in [-0.4, -0.2) is 78.2 Å². The minimum Gasteiger partial charge on any atom is -0.481 e. The van der Waals surface area contributed by atoms with Crippen molar-refractivity contribution < 1.29 is 66.4 Å². The first kappa shape index (κ1) is 53.4. The number of hydrogen-bond acceptors (Lipinski definition) is 15. The summed E-state index contributed by atoms with van der Waals surface area (Å²) in [6.45, 7) is 8.60. The number of methoxy groups -OCH3 is 1. The maximum absolute atomic E-state index is 14.5. The molecule has 0 bridgehead atoms. The van der Waals surface area contributed by atoms with Gasteiger partial charge < -0.3 is 42.9 Å². The van der Waals surface area contributed by atoms with E-state index in [2.05, 4.69) is 28.8 Å². The molecule has 0 aliphatic heterocycles. The third kappa shape index (κ3) is 20.8. The van der Waals surface area contributed by atoms with E-state index in [1.54, 1.807) is 37.3 Å². The van der Waals surface area contributed by atoms with Gasteiger partial charge in [0.05, 0.1) is 19.4 Å². The fourth-order valence-electron chi connectivity index (χ4n) is 6.18. The Hall–Kier alpha value is -5.69. The van der Waals surface area contributed by atoms with Gasteiger partial charge >= 0.3 is 29.7 Å². The molecule has 0 unspecified atom stereocenters. The summed E-state index contributed by atoms with van der Waals surface area (Å²) in [6.07, 6.45) is 11.3. The Kier molecular flexibility index (Phi) is 23.8. The summed E-state index contributed by atoms with van der Waals surface area (Å²) in [5.74, 6) is -2.21. The van der Waals surface area contributed by atoms with Crippen LogP contribution in [0.15, 0.2) is 50.0 Å². The predicted octanol–water partition coefficient (Wildman–Crippen LogP) is 6.34. The molecule has 1 amide bonds. The number of Topliss-reactive ketones (excluding diaryl/α,β-unsaturated/α-hetero) is 1. The van der Waals surface area contributed by atoms with Crippen LogP contribution in [0.5, 0.6) is 5.75 Å². The maximum atomic E-state index is 14.5.